The summed E-state index contributed by atoms with van der Waals surface area (Å²) in [6.07, 6.45) is 3.91. The maximum atomic E-state index is 13.1. The van der Waals surface area contributed by atoms with Crippen LogP contribution in [-0.2, 0) is 4.79 Å². The number of hydrogen-bond donors (Lipinski definition) is 1. The van der Waals surface area contributed by atoms with Gasteiger partial charge in [-0.3, -0.25) is 9.36 Å². The van der Waals surface area contributed by atoms with E-state index in [9.17, 15) is 9.59 Å². The maximum absolute atomic E-state index is 13.1. The second-order valence-electron chi connectivity index (χ2n) is 8.94. The standard InChI is InChI=1S/C22H29N3O2/c1-14(2)13-16-19(22(16,3)4)20(26)24-11-9-15(10-12-24)25-18-8-6-5-7-17(18)23-21(25)27/h5-8,13,15-16,19H,9-12H2,1-4H3,(H,23,27)/t16-,19+/m1/s1. The molecule has 1 saturated heterocycles. The Morgan fingerprint density at radius 3 is 2.52 bits per heavy atom. The number of imidazole rings is 1. The summed E-state index contributed by atoms with van der Waals surface area (Å²) in [7, 11) is 0. The second-order valence-corrected chi connectivity index (χ2v) is 8.94. The van der Waals surface area contributed by atoms with Crippen molar-refractivity contribution >= 4 is 16.9 Å². The molecule has 0 spiro atoms. The van der Waals surface area contributed by atoms with E-state index in [0.717, 1.165) is 37.0 Å². The van der Waals surface area contributed by atoms with E-state index in [0.29, 0.717) is 5.92 Å². The van der Waals surface area contributed by atoms with Gasteiger partial charge >= 0.3 is 5.69 Å². The molecule has 1 aliphatic carbocycles. The Morgan fingerprint density at radius 1 is 1.19 bits per heavy atom. The molecule has 1 aromatic carbocycles. The normalized spacial score (nSPS) is 24.8. The highest BCUT2D eigenvalue weighted by Gasteiger charge is 2.61. The first-order valence-corrected chi connectivity index (χ1v) is 9.93. The average molecular weight is 367 g/mol. The molecule has 1 saturated carbocycles. The van der Waals surface area contributed by atoms with Gasteiger partial charge in [0.05, 0.1) is 17.0 Å². The number of likely N-dealkylation sites (tertiary alicyclic amines) is 1. The number of H-pyrrole nitrogens is 1. The predicted octanol–water partition coefficient (Wildman–Crippen LogP) is 3.73. The third-order valence-corrected chi connectivity index (χ3v) is 6.45. The van der Waals surface area contributed by atoms with Gasteiger partial charge in [-0.15, -0.1) is 0 Å². The van der Waals surface area contributed by atoms with Gasteiger partial charge in [0.2, 0.25) is 5.91 Å². The number of para-hydroxylation sites is 2. The van der Waals surface area contributed by atoms with Crippen molar-refractivity contribution in [2.75, 3.05) is 13.1 Å². The number of aromatic amines is 1. The highest BCUT2D eigenvalue weighted by atomic mass is 16.2. The molecule has 0 unspecified atom stereocenters. The summed E-state index contributed by atoms with van der Waals surface area (Å²) in [5.74, 6) is 0.732. The fourth-order valence-electron chi connectivity index (χ4n) is 4.80. The molecule has 5 nitrogen and oxygen atoms in total. The van der Waals surface area contributed by atoms with Crippen LogP contribution in [0, 0.1) is 17.3 Å². The number of allylic oxidation sites excluding steroid dienone is 2. The van der Waals surface area contributed by atoms with Crippen LogP contribution in [0.5, 0.6) is 0 Å². The number of nitrogens with zero attached hydrogens (tertiary/aromatic N) is 2. The Bertz CT molecular complexity index is 953. The lowest BCUT2D eigenvalue weighted by molar-refractivity contribution is -0.134. The molecule has 144 valence electrons. The predicted molar refractivity (Wildman–Crippen MR) is 108 cm³/mol. The molecule has 0 bridgehead atoms. The van der Waals surface area contributed by atoms with Crippen LogP contribution in [0.3, 0.4) is 0 Å². The molecule has 1 aliphatic heterocycles. The molecule has 2 aromatic rings. The van der Waals surface area contributed by atoms with E-state index in [1.807, 2.05) is 33.7 Å². The van der Waals surface area contributed by atoms with E-state index in [1.54, 1.807) is 0 Å². The summed E-state index contributed by atoms with van der Waals surface area (Å²) in [4.78, 5) is 30.4. The van der Waals surface area contributed by atoms with Gasteiger partial charge in [0, 0.05) is 19.1 Å². The molecule has 5 heteroatoms. The van der Waals surface area contributed by atoms with Gasteiger partial charge in [0.25, 0.3) is 0 Å². The number of fused-ring (bicyclic) bond motifs is 1. The van der Waals surface area contributed by atoms with Gasteiger partial charge < -0.3 is 9.88 Å². The minimum absolute atomic E-state index is 0.0482. The molecule has 2 fully saturated rings. The Kier molecular flexibility index (Phi) is 4.28. The molecule has 1 N–H and O–H groups in total. The van der Waals surface area contributed by atoms with Gasteiger partial charge in [-0.1, -0.05) is 37.6 Å². The van der Waals surface area contributed by atoms with Crippen molar-refractivity contribution in [3.63, 3.8) is 0 Å². The summed E-state index contributed by atoms with van der Waals surface area (Å²) in [5, 5.41) is 0. The summed E-state index contributed by atoms with van der Waals surface area (Å²) in [5.41, 5.74) is 3.12. The van der Waals surface area contributed by atoms with Crippen LogP contribution in [0.1, 0.15) is 46.6 Å². The fourth-order valence-corrected chi connectivity index (χ4v) is 4.80. The number of hydrogen-bond acceptors (Lipinski definition) is 2. The van der Waals surface area contributed by atoms with Gasteiger partial charge in [-0.25, -0.2) is 4.79 Å². The first-order valence-electron chi connectivity index (χ1n) is 9.93. The van der Waals surface area contributed by atoms with Crippen molar-refractivity contribution < 1.29 is 4.79 Å². The molecular weight excluding hydrogens is 338 g/mol. The van der Waals surface area contributed by atoms with Gasteiger partial charge in [-0.2, -0.15) is 0 Å². The van der Waals surface area contributed by atoms with E-state index < -0.39 is 0 Å². The summed E-state index contributed by atoms with van der Waals surface area (Å²) < 4.78 is 1.88. The second kappa shape index (κ2) is 6.39. The summed E-state index contributed by atoms with van der Waals surface area (Å²) in [6, 6.07) is 7.97. The first kappa shape index (κ1) is 18.1. The van der Waals surface area contributed by atoms with E-state index in [4.69, 9.17) is 0 Å². The lowest BCUT2D eigenvalue weighted by Crippen LogP contribution is -2.41. The third-order valence-electron chi connectivity index (χ3n) is 6.45. The number of aromatic nitrogens is 2. The van der Waals surface area contributed by atoms with Crippen molar-refractivity contribution in [2.45, 2.75) is 46.6 Å². The van der Waals surface area contributed by atoms with Crippen molar-refractivity contribution in [3.05, 3.63) is 46.4 Å². The minimum atomic E-state index is -0.0482. The molecule has 1 aromatic heterocycles. The van der Waals surface area contributed by atoms with Crippen LogP contribution < -0.4 is 5.69 Å². The van der Waals surface area contributed by atoms with Gasteiger partial charge in [0.1, 0.15) is 0 Å². The molecule has 27 heavy (non-hydrogen) atoms. The average Bonchev–Trinajstić information content (AvgIpc) is 2.98. The Hall–Kier alpha value is -2.30. The number of amides is 1. The van der Waals surface area contributed by atoms with Crippen LogP contribution >= 0.6 is 0 Å². The number of piperidine rings is 1. The number of rotatable bonds is 3. The molecule has 4 rings (SSSR count). The van der Waals surface area contributed by atoms with Gasteiger partial charge in [-0.05, 0) is 50.2 Å². The van der Waals surface area contributed by atoms with Crippen molar-refractivity contribution in [2.24, 2.45) is 17.3 Å². The van der Waals surface area contributed by atoms with Crippen LogP contribution in [0.4, 0.5) is 0 Å². The van der Waals surface area contributed by atoms with E-state index in [2.05, 4.69) is 38.8 Å². The summed E-state index contributed by atoms with van der Waals surface area (Å²) >= 11 is 0. The molecule has 0 radical (unpaired) electrons. The third kappa shape index (κ3) is 3.03. The monoisotopic (exact) mass is 367 g/mol. The number of benzene rings is 1. The highest BCUT2D eigenvalue weighted by molar-refractivity contribution is 5.84. The molecular formula is C22H29N3O2. The van der Waals surface area contributed by atoms with Gasteiger partial charge in [0.15, 0.2) is 0 Å². The molecule has 1 amide bonds. The van der Waals surface area contributed by atoms with Crippen LogP contribution in [-0.4, -0.2) is 33.4 Å². The maximum Gasteiger partial charge on any atom is 0.326 e. The molecule has 2 heterocycles. The van der Waals surface area contributed by atoms with Crippen LogP contribution in [0.25, 0.3) is 11.0 Å². The highest BCUT2D eigenvalue weighted by Crippen LogP contribution is 2.60. The Labute approximate surface area is 160 Å². The SMILES string of the molecule is CC(C)=C[C@@H]1[C@@H](C(=O)N2CCC(n3c(=O)[nH]c4ccccc43)CC2)C1(C)C. The molecule has 2 aliphatic rings. The largest absolute Gasteiger partial charge is 0.342 e. The van der Waals surface area contributed by atoms with Crippen LogP contribution in [0.15, 0.2) is 40.7 Å². The number of carbonyl (C=O) groups excluding carboxylic acids is 1. The zero-order chi connectivity index (χ0) is 19.3. The van der Waals surface area contributed by atoms with E-state index in [1.165, 1.54) is 5.57 Å². The number of nitrogens with one attached hydrogen (secondary N) is 1. The summed E-state index contributed by atoms with van der Waals surface area (Å²) in [6.45, 7) is 10.0. The minimum Gasteiger partial charge on any atom is -0.342 e. The Morgan fingerprint density at radius 2 is 1.85 bits per heavy atom. The van der Waals surface area contributed by atoms with E-state index >= 15 is 0 Å². The van der Waals surface area contributed by atoms with E-state index in [-0.39, 0.29) is 29.0 Å². The Balaban J connectivity index is 1.47. The molecule has 2 atom stereocenters. The lowest BCUT2D eigenvalue weighted by Gasteiger charge is -2.33. The zero-order valence-corrected chi connectivity index (χ0v) is 16.7. The zero-order valence-electron chi connectivity index (χ0n) is 16.7. The quantitative estimate of drug-likeness (QED) is 0.841. The lowest BCUT2D eigenvalue weighted by atomic mass is 10.0. The van der Waals surface area contributed by atoms with Crippen molar-refractivity contribution in [1.82, 2.24) is 14.5 Å². The van der Waals surface area contributed by atoms with Crippen molar-refractivity contribution in [3.8, 4) is 0 Å². The fraction of sp³-hybridized carbons (Fsp3) is 0.545. The smallest absolute Gasteiger partial charge is 0.326 e. The number of carbonyl (C=O) groups is 1. The van der Waals surface area contributed by atoms with Crippen LogP contribution in [0.2, 0.25) is 0 Å². The van der Waals surface area contributed by atoms with Crippen molar-refractivity contribution in [1.29, 1.82) is 0 Å². The topological polar surface area (TPSA) is 58.1 Å². The first-order chi connectivity index (χ1) is 12.8.